The number of rotatable bonds is 5. The number of hydrogen-bond donors (Lipinski definition) is 1. The van der Waals surface area contributed by atoms with Gasteiger partial charge in [-0.1, -0.05) is 12.1 Å². The fourth-order valence-corrected chi connectivity index (χ4v) is 2.58. The lowest BCUT2D eigenvalue weighted by Crippen LogP contribution is -2.16. The number of hydrogen-bond acceptors (Lipinski definition) is 2. The lowest BCUT2D eigenvalue weighted by Gasteiger charge is -2.14. The molecule has 2 aromatic rings. The second-order valence-electron chi connectivity index (χ2n) is 5.64. The van der Waals surface area contributed by atoms with Gasteiger partial charge in [0.15, 0.2) is 0 Å². The molecule has 3 heteroatoms. The molecule has 1 saturated carbocycles. The van der Waals surface area contributed by atoms with E-state index < -0.39 is 0 Å². The number of methoxy groups -OCH3 is 1. The molecule has 0 saturated heterocycles. The number of halogens is 1. The van der Waals surface area contributed by atoms with Gasteiger partial charge in [-0.2, -0.15) is 0 Å². The third-order valence-corrected chi connectivity index (χ3v) is 3.95. The number of nitrogens with one attached hydrogen (secondary N) is 1. The molecular formula is C18H20FNO. The Kier molecular flexibility index (Phi) is 3.93. The maximum atomic E-state index is 13.6. The standard InChI is InChI=1S/C18H20FNO/c1-12-9-16(21-2)6-8-17(12)18-7-3-14(19)10-13(18)11-20-15-4-5-15/h3,6-10,15,20H,4-5,11H2,1-2H3. The second kappa shape index (κ2) is 5.86. The maximum Gasteiger partial charge on any atom is 0.123 e. The Morgan fingerprint density at radius 3 is 2.57 bits per heavy atom. The first-order valence-electron chi connectivity index (χ1n) is 7.34. The number of aryl methyl sites for hydroxylation is 1. The van der Waals surface area contributed by atoms with Gasteiger partial charge in [0.25, 0.3) is 0 Å². The maximum absolute atomic E-state index is 13.6. The van der Waals surface area contributed by atoms with E-state index in [0.29, 0.717) is 12.6 Å². The molecule has 0 atom stereocenters. The SMILES string of the molecule is COc1ccc(-c2ccc(F)cc2CNC2CC2)c(C)c1. The molecule has 2 aromatic carbocycles. The first-order chi connectivity index (χ1) is 10.2. The Hall–Kier alpha value is -1.87. The van der Waals surface area contributed by atoms with Crippen LogP contribution in [0.5, 0.6) is 5.75 Å². The lowest BCUT2D eigenvalue weighted by molar-refractivity contribution is 0.414. The van der Waals surface area contributed by atoms with Gasteiger partial charge in [0.05, 0.1) is 7.11 Å². The molecule has 0 radical (unpaired) electrons. The van der Waals surface area contributed by atoms with E-state index in [-0.39, 0.29) is 5.82 Å². The molecule has 2 nitrogen and oxygen atoms in total. The third kappa shape index (κ3) is 3.24. The highest BCUT2D eigenvalue weighted by molar-refractivity contribution is 5.71. The number of benzene rings is 2. The summed E-state index contributed by atoms with van der Waals surface area (Å²) in [6.07, 6.45) is 2.46. The van der Waals surface area contributed by atoms with E-state index in [4.69, 9.17) is 4.74 Å². The molecule has 0 spiro atoms. The molecule has 0 amide bonds. The van der Waals surface area contributed by atoms with Crippen LogP contribution >= 0.6 is 0 Å². The van der Waals surface area contributed by atoms with E-state index in [0.717, 1.165) is 28.0 Å². The van der Waals surface area contributed by atoms with Crippen LogP contribution < -0.4 is 10.1 Å². The first-order valence-corrected chi connectivity index (χ1v) is 7.34. The molecule has 1 aliphatic rings. The predicted octanol–water partition coefficient (Wildman–Crippen LogP) is 4.06. The first kappa shape index (κ1) is 14.1. The fraction of sp³-hybridized carbons (Fsp3) is 0.333. The van der Waals surface area contributed by atoms with Gasteiger partial charge in [-0.15, -0.1) is 0 Å². The van der Waals surface area contributed by atoms with Crippen molar-refractivity contribution in [2.75, 3.05) is 7.11 Å². The molecule has 110 valence electrons. The number of ether oxygens (including phenoxy) is 1. The largest absolute Gasteiger partial charge is 0.497 e. The van der Waals surface area contributed by atoms with Gasteiger partial charge in [0.2, 0.25) is 0 Å². The second-order valence-corrected chi connectivity index (χ2v) is 5.64. The van der Waals surface area contributed by atoms with Crippen molar-refractivity contribution in [3.63, 3.8) is 0 Å². The van der Waals surface area contributed by atoms with Crippen LogP contribution in [-0.2, 0) is 6.54 Å². The zero-order chi connectivity index (χ0) is 14.8. The van der Waals surface area contributed by atoms with Gasteiger partial charge in [-0.25, -0.2) is 4.39 Å². The van der Waals surface area contributed by atoms with E-state index >= 15 is 0 Å². The van der Waals surface area contributed by atoms with Crippen LogP contribution in [0.3, 0.4) is 0 Å². The summed E-state index contributed by atoms with van der Waals surface area (Å²) >= 11 is 0. The van der Waals surface area contributed by atoms with Gasteiger partial charge in [-0.05, 0) is 66.3 Å². The summed E-state index contributed by atoms with van der Waals surface area (Å²) in [6.45, 7) is 2.77. The third-order valence-electron chi connectivity index (χ3n) is 3.95. The minimum absolute atomic E-state index is 0.183. The Labute approximate surface area is 125 Å². The fourth-order valence-electron chi connectivity index (χ4n) is 2.58. The molecule has 3 rings (SSSR count). The molecule has 1 fully saturated rings. The van der Waals surface area contributed by atoms with Crippen molar-refractivity contribution in [3.8, 4) is 16.9 Å². The molecule has 0 bridgehead atoms. The molecule has 0 aromatic heterocycles. The smallest absolute Gasteiger partial charge is 0.123 e. The van der Waals surface area contributed by atoms with Crippen molar-refractivity contribution in [2.45, 2.75) is 32.4 Å². The topological polar surface area (TPSA) is 21.3 Å². The van der Waals surface area contributed by atoms with Gasteiger partial charge < -0.3 is 10.1 Å². The van der Waals surface area contributed by atoms with E-state index in [9.17, 15) is 4.39 Å². The summed E-state index contributed by atoms with van der Waals surface area (Å²) in [5.41, 5.74) is 4.36. The van der Waals surface area contributed by atoms with Crippen LogP contribution in [0.1, 0.15) is 24.0 Å². The van der Waals surface area contributed by atoms with Gasteiger partial charge in [0, 0.05) is 12.6 Å². The van der Waals surface area contributed by atoms with Crippen molar-refractivity contribution in [1.29, 1.82) is 0 Å². The monoisotopic (exact) mass is 285 g/mol. The van der Waals surface area contributed by atoms with Crippen LogP contribution in [-0.4, -0.2) is 13.2 Å². The minimum atomic E-state index is -0.183. The molecule has 0 aliphatic heterocycles. The van der Waals surface area contributed by atoms with Gasteiger partial charge in [0.1, 0.15) is 11.6 Å². The zero-order valence-electron chi connectivity index (χ0n) is 12.4. The molecule has 21 heavy (non-hydrogen) atoms. The van der Waals surface area contributed by atoms with Crippen molar-refractivity contribution >= 4 is 0 Å². The molecule has 1 N–H and O–H groups in total. The van der Waals surface area contributed by atoms with Crippen LogP contribution in [0.4, 0.5) is 4.39 Å². The van der Waals surface area contributed by atoms with Crippen LogP contribution in [0, 0.1) is 12.7 Å². The molecule has 0 heterocycles. The van der Waals surface area contributed by atoms with E-state index in [1.165, 1.54) is 18.9 Å². The average molecular weight is 285 g/mol. The quantitative estimate of drug-likeness (QED) is 0.894. The van der Waals surface area contributed by atoms with Crippen molar-refractivity contribution < 1.29 is 9.13 Å². The van der Waals surface area contributed by atoms with Gasteiger partial charge in [-0.3, -0.25) is 0 Å². The Morgan fingerprint density at radius 2 is 1.90 bits per heavy atom. The van der Waals surface area contributed by atoms with Crippen LogP contribution in [0.25, 0.3) is 11.1 Å². The Morgan fingerprint density at radius 1 is 1.14 bits per heavy atom. The Bertz CT molecular complexity index is 650. The Balaban J connectivity index is 1.95. The zero-order valence-corrected chi connectivity index (χ0v) is 12.4. The predicted molar refractivity (Wildman–Crippen MR) is 83.0 cm³/mol. The van der Waals surface area contributed by atoms with Gasteiger partial charge >= 0.3 is 0 Å². The van der Waals surface area contributed by atoms with Crippen molar-refractivity contribution in [1.82, 2.24) is 5.32 Å². The average Bonchev–Trinajstić information content (AvgIpc) is 3.30. The summed E-state index contributed by atoms with van der Waals surface area (Å²) in [4.78, 5) is 0. The lowest BCUT2D eigenvalue weighted by atomic mass is 9.95. The molecular weight excluding hydrogens is 265 g/mol. The van der Waals surface area contributed by atoms with Crippen LogP contribution in [0.15, 0.2) is 36.4 Å². The van der Waals surface area contributed by atoms with E-state index in [2.05, 4.69) is 12.2 Å². The molecule has 0 unspecified atom stereocenters. The minimum Gasteiger partial charge on any atom is -0.497 e. The summed E-state index contributed by atoms with van der Waals surface area (Å²) in [5, 5.41) is 3.46. The van der Waals surface area contributed by atoms with E-state index in [1.807, 2.05) is 24.3 Å². The highest BCUT2D eigenvalue weighted by atomic mass is 19.1. The highest BCUT2D eigenvalue weighted by Crippen LogP contribution is 2.30. The summed E-state index contributed by atoms with van der Waals surface area (Å²) < 4.78 is 18.8. The van der Waals surface area contributed by atoms with Crippen molar-refractivity contribution in [2.24, 2.45) is 0 Å². The highest BCUT2D eigenvalue weighted by Gasteiger charge is 2.21. The summed E-state index contributed by atoms with van der Waals surface area (Å²) in [5.74, 6) is 0.661. The summed E-state index contributed by atoms with van der Waals surface area (Å²) in [7, 11) is 1.66. The van der Waals surface area contributed by atoms with E-state index in [1.54, 1.807) is 13.2 Å². The summed E-state index contributed by atoms with van der Waals surface area (Å²) in [6, 6.07) is 11.6. The normalized spacial score (nSPS) is 14.2. The van der Waals surface area contributed by atoms with Crippen LogP contribution in [0.2, 0.25) is 0 Å². The van der Waals surface area contributed by atoms with Crippen molar-refractivity contribution in [3.05, 3.63) is 53.3 Å². The molecule has 1 aliphatic carbocycles.